The predicted octanol–water partition coefficient (Wildman–Crippen LogP) is 3.34. The van der Waals surface area contributed by atoms with Gasteiger partial charge in [0.05, 0.1) is 0 Å². The van der Waals surface area contributed by atoms with Crippen LogP contribution in [0.1, 0.15) is 29.7 Å². The smallest absolute Gasteiger partial charge is 0.319 e. The van der Waals surface area contributed by atoms with Crippen molar-refractivity contribution in [3.63, 3.8) is 0 Å². The highest BCUT2D eigenvalue weighted by molar-refractivity contribution is 5.89. The number of amides is 2. The van der Waals surface area contributed by atoms with E-state index in [2.05, 4.69) is 10.6 Å². The van der Waals surface area contributed by atoms with Crippen LogP contribution in [0.4, 0.5) is 10.5 Å². The SMILES string of the molecule is Cc1ccccc1CNC(=O)Nc1ccc(C(C)N)cc1. The fourth-order valence-corrected chi connectivity index (χ4v) is 2.03. The first-order valence-corrected chi connectivity index (χ1v) is 7.01. The minimum Gasteiger partial charge on any atom is -0.334 e. The maximum absolute atomic E-state index is 11.9. The highest BCUT2D eigenvalue weighted by Gasteiger charge is 2.04. The first-order valence-electron chi connectivity index (χ1n) is 7.01. The normalized spacial score (nSPS) is 11.8. The molecule has 0 aliphatic rings. The van der Waals surface area contributed by atoms with E-state index >= 15 is 0 Å². The zero-order valence-electron chi connectivity index (χ0n) is 12.4. The molecule has 4 nitrogen and oxygen atoms in total. The minimum absolute atomic E-state index is 0.00562. The van der Waals surface area contributed by atoms with Crippen LogP contribution in [0.25, 0.3) is 0 Å². The van der Waals surface area contributed by atoms with Gasteiger partial charge in [-0.1, -0.05) is 36.4 Å². The summed E-state index contributed by atoms with van der Waals surface area (Å²) in [7, 11) is 0. The Labute approximate surface area is 125 Å². The molecule has 0 saturated heterocycles. The summed E-state index contributed by atoms with van der Waals surface area (Å²) in [4.78, 5) is 11.9. The quantitative estimate of drug-likeness (QED) is 0.805. The summed E-state index contributed by atoms with van der Waals surface area (Å²) in [5.41, 5.74) is 9.86. The molecule has 0 aliphatic heterocycles. The van der Waals surface area contributed by atoms with E-state index in [4.69, 9.17) is 5.73 Å². The Morgan fingerprint density at radius 1 is 1.14 bits per heavy atom. The molecule has 2 rings (SSSR count). The molecule has 1 atom stereocenters. The van der Waals surface area contributed by atoms with E-state index in [1.807, 2.05) is 62.4 Å². The summed E-state index contributed by atoms with van der Waals surface area (Å²) in [5, 5.41) is 5.66. The van der Waals surface area contributed by atoms with E-state index < -0.39 is 0 Å². The summed E-state index contributed by atoms with van der Waals surface area (Å²) >= 11 is 0. The molecule has 2 aromatic carbocycles. The molecule has 0 saturated carbocycles. The molecule has 0 heterocycles. The lowest BCUT2D eigenvalue weighted by atomic mass is 10.1. The van der Waals surface area contributed by atoms with E-state index in [9.17, 15) is 4.79 Å². The number of nitrogens with one attached hydrogen (secondary N) is 2. The number of aryl methyl sites for hydroxylation is 1. The molecular weight excluding hydrogens is 262 g/mol. The third-order valence-electron chi connectivity index (χ3n) is 3.39. The fourth-order valence-electron chi connectivity index (χ4n) is 2.03. The number of rotatable bonds is 4. The standard InChI is InChI=1S/C17H21N3O/c1-12-5-3-4-6-15(12)11-19-17(21)20-16-9-7-14(8-10-16)13(2)18/h3-10,13H,11,18H2,1-2H3,(H2,19,20,21). The van der Waals surface area contributed by atoms with Crippen LogP contribution in [0.5, 0.6) is 0 Å². The van der Waals surface area contributed by atoms with E-state index in [1.54, 1.807) is 0 Å². The van der Waals surface area contributed by atoms with Crippen molar-refractivity contribution in [2.24, 2.45) is 5.73 Å². The van der Waals surface area contributed by atoms with Gasteiger partial charge in [-0.15, -0.1) is 0 Å². The molecule has 0 aliphatic carbocycles. The zero-order chi connectivity index (χ0) is 15.2. The maximum atomic E-state index is 11.9. The van der Waals surface area contributed by atoms with Gasteiger partial charge >= 0.3 is 6.03 Å². The molecule has 2 amide bonds. The number of carbonyl (C=O) groups is 1. The maximum Gasteiger partial charge on any atom is 0.319 e. The van der Waals surface area contributed by atoms with E-state index in [1.165, 1.54) is 5.56 Å². The second kappa shape index (κ2) is 6.90. The van der Waals surface area contributed by atoms with Crippen LogP contribution in [-0.4, -0.2) is 6.03 Å². The van der Waals surface area contributed by atoms with Gasteiger partial charge in [0, 0.05) is 18.3 Å². The number of anilines is 1. The van der Waals surface area contributed by atoms with Gasteiger partial charge in [0.15, 0.2) is 0 Å². The summed E-state index contributed by atoms with van der Waals surface area (Å²) in [6.07, 6.45) is 0. The van der Waals surface area contributed by atoms with Gasteiger partial charge in [0.1, 0.15) is 0 Å². The third kappa shape index (κ3) is 4.33. The fraction of sp³-hybridized carbons (Fsp3) is 0.235. The number of hydrogen-bond acceptors (Lipinski definition) is 2. The Hall–Kier alpha value is -2.33. The summed E-state index contributed by atoms with van der Waals surface area (Å²) in [6, 6.07) is 15.3. The Morgan fingerprint density at radius 3 is 2.43 bits per heavy atom. The number of hydrogen-bond donors (Lipinski definition) is 3. The Morgan fingerprint density at radius 2 is 1.81 bits per heavy atom. The van der Waals surface area contributed by atoms with Crippen molar-refractivity contribution in [1.29, 1.82) is 0 Å². The van der Waals surface area contributed by atoms with Crippen LogP contribution in [0.2, 0.25) is 0 Å². The summed E-state index contributed by atoms with van der Waals surface area (Å²) in [5.74, 6) is 0. The molecule has 0 radical (unpaired) electrons. The van der Waals surface area contributed by atoms with Gasteiger partial charge in [-0.2, -0.15) is 0 Å². The number of carbonyl (C=O) groups excluding carboxylic acids is 1. The van der Waals surface area contributed by atoms with E-state index in [-0.39, 0.29) is 12.1 Å². The van der Waals surface area contributed by atoms with Crippen molar-refractivity contribution in [3.05, 3.63) is 65.2 Å². The molecule has 4 N–H and O–H groups in total. The Bertz CT molecular complexity index is 606. The molecule has 4 heteroatoms. The highest BCUT2D eigenvalue weighted by Crippen LogP contribution is 2.14. The lowest BCUT2D eigenvalue weighted by Crippen LogP contribution is -2.28. The number of nitrogens with two attached hydrogens (primary N) is 1. The van der Waals surface area contributed by atoms with Crippen molar-refractivity contribution in [2.75, 3.05) is 5.32 Å². The van der Waals surface area contributed by atoms with Crippen molar-refractivity contribution < 1.29 is 4.79 Å². The minimum atomic E-state index is -0.216. The van der Waals surface area contributed by atoms with Crippen LogP contribution in [0.3, 0.4) is 0 Å². The van der Waals surface area contributed by atoms with Gasteiger partial charge in [-0.25, -0.2) is 4.79 Å². The molecule has 0 bridgehead atoms. The van der Waals surface area contributed by atoms with Gasteiger partial charge in [0.2, 0.25) is 0 Å². The molecule has 0 spiro atoms. The van der Waals surface area contributed by atoms with Crippen LogP contribution >= 0.6 is 0 Å². The highest BCUT2D eigenvalue weighted by atomic mass is 16.2. The zero-order valence-corrected chi connectivity index (χ0v) is 12.4. The predicted molar refractivity (Wildman–Crippen MR) is 86.1 cm³/mol. The lowest BCUT2D eigenvalue weighted by Gasteiger charge is -2.10. The third-order valence-corrected chi connectivity index (χ3v) is 3.39. The van der Waals surface area contributed by atoms with Crippen LogP contribution < -0.4 is 16.4 Å². The van der Waals surface area contributed by atoms with Crippen molar-refractivity contribution in [2.45, 2.75) is 26.4 Å². The van der Waals surface area contributed by atoms with E-state index in [0.717, 1.165) is 16.8 Å². The summed E-state index contributed by atoms with van der Waals surface area (Å²) in [6.45, 7) is 4.47. The van der Waals surface area contributed by atoms with Crippen LogP contribution in [-0.2, 0) is 6.54 Å². The second-order valence-corrected chi connectivity index (χ2v) is 5.14. The summed E-state index contributed by atoms with van der Waals surface area (Å²) < 4.78 is 0. The van der Waals surface area contributed by atoms with Gasteiger partial charge in [-0.05, 0) is 42.7 Å². The monoisotopic (exact) mass is 283 g/mol. The Kier molecular flexibility index (Phi) is 4.95. The molecule has 21 heavy (non-hydrogen) atoms. The number of benzene rings is 2. The first-order chi connectivity index (χ1) is 10.1. The van der Waals surface area contributed by atoms with Gasteiger partial charge in [0.25, 0.3) is 0 Å². The van der Waals surface area contributed by atoms with Gasteiger partial charge in [-0.3, -0.25) is 0 Å². The Balaban J connectivity index is 1.88. The average molecular weight is 283 g/mol. The molecule has 1 unspecified atom stereocenters. The largest absolute Gasteiger partial charge is 0.334 e. The molecule has 0 aromatic heterocycles. The van der Waals surface area contributed by atoms with Crippen LogP contribution in [0.15, 0.2) is 48.5 Å². The first kappa shape index (κ1) is 15.1. The topological polar surface area (TPSA) is 67.2 Å². The lowest BCUT2D eigenvalue weighted by molar-refractivity contribution is 0.251. The molecular formula is C17H21N3O. The molecule has 0 fully saturated rings. The molecule has 110 valence electrons. The average Bonchev–Trinajstić information content (AvgIpc) is 2.47. The molecule has 2 aromatic rings. The van der Waals surface area contributed by atoms with Gasteiger partial charge < -0.3 is 16.4 Å². The van der Waals surface area contributed by atoms with Crippen molar-refractivity contribution >= 4 is 11.7 Å². The van der Waals surface area contributed by atoms with Crippen molar-refractivity contribution in [1.82, 2.24) is 5.32 Å². The number of urea groups is 1. The van der Waals surface area contributed by atoms with E-state index in [0.29, 0.717) is 6.54 Å². The van der Waals surface area contributed by atoms with Crippen LogP contribution in [0, 0.1) is 6.92 Å². The second-order valence-electron chi connectivity index (χ2n) is 5.14. The van der Waals surface area contributed by atoms with Crippen molar-refractivity contribution in [3.8, 4) is 0 Å².